The van der Waals surface area contributed by atoms with Gasteiger partial charge < -0.3 is 19.9 Å². The van der Waals surface area contributed by atoms with Crippen molar-refractivity contribution in [3.63, 3.8) is 0 Å². The molecule has 5 rings (SSSR count). The lowest BCUT2D eigenvalue weighted by Crippen LogP contribution is -2.31. The standard InChI is InChI=1S/C25H29N5O2S/c1-32-25(31)17-8-9-19-20(15-17)27-24-22(19)23(26-10-6-13-30-11-3-2-4-12-30)28-21(29-24)16-18-7-5-14-33-18/h5,7-9,14-15H,2-4,6,10-13,16H2,1H3,(H2,26,27,28,29). The second kappa shape index (κ2) is 9.89. The van der Waals surface area contributed by atoms with E-state index in [1.54, 1.807) is 17.4 Å². The van der Waals surface area contributed by atoms with Crippen molar-refractivity contribution in [2.45, 2.75) is 32.1 Å². The summed E-state index contributed by atoms with van der Waals surface area (Å²) >= 11 is 1.71. The van der Waals surface area contributed by atoms with Gasteiger partial charge in [-0.05, 0) is 62.5 Å². The third kappa shape index (κ3) is 4.86. The number of methoxy groups -OCH3 is 1. The number of hydrogen-bond donors (Lipinski definition) is 2. The zero-order valence-electron chi connectivity index (χ0n) is 18.9. The van der Waals surface area contributed by atoms with Crippen LogP contribution in [0.2, 0.25) is 0 Å². The molecule has 33 heavy (non-hydrogen) atoms. The first-order chi connectivity index (χ1) is 16.2. The Bertz CT molecular complexity index is 1240. The van der Waals surface area contributed by atoms with Gasteiger partial charge >= 0.3 is 5.97 Å². The Morgan fingerprint density at radius 1 is 1.21 bits per heavy atom. The smallest absolute Gasteiger partial charge is 0.337 e. The number of piperidine rings is 1. The predicted molar refractivity (Wildman–Crippen MR) is 133 cm³/mol. The minimum Gasteiger partial charge on any atom is -0.465 e. The summed E-state index contributed by atoms with van der Waals surface area (Å²) in [5, 5.41) is 7.63. The van der Waals surface area contributed by atoms with Crippen LogP contribution in [-0.2, 0) is 11.2 Å². The SMILES string of the molecule is COC(=O)c1ccc2c(c1)[nH]c1nc(Cc3cccs3)nc(NCCCN3CCCCC3)c12. The molecule has 0 radical (unpaired) electrons. The fraction of sp³-hybridized carbons (Fsp3) is 0.400. The summed E-state index contributed by atoms with van der Waals surface area (Å²) in [6.07, 6.45) is 5.75. The van der Waals surface area contributed by atoms with E-state index in [0.29, 0.717) is 12.0 Å². The van der Waals surface area contributed by atoms with E-state index >= 15 is 0 Å². The van der Waals surface area contributed by atoms with E-state index in [-0.39, 0.29) is 5.97 Å². The summed E-state index contributed by atoms with van der Waals surface area (Å²) in [6, 6.07) is 9.72. The summed E-state index contributed by atoms with van der Waals surface area (Å²) in [5.74, 6) is 1.28. The molecule has 0 aliphatic carbocycles. The number of nitrogens with zero attached hydrogens (tertiary/aromatic N) is 3. The van der Waals surface area contributed by atoms with Crippen LogP contribution in [0.1, 0.15) is 46.7 Å². The van der Waals surface area contributed by atoms with Crippen molar-refractivity contribution in [2.24, 2.45) is 0 Å². The number of carbonyl (C=O) groups is 1. The van der Waals surface area contributed by atoms with Gasteiger partial charge in [-0.3, -0.25) is 0 Å². The average molecular weight is 464 g/mol. The summed E-state index contributed by atoms with van der Waals surface area (Å²) < 4.78 is 4.88. The molecular weight excluding hydrogens is 434 g/mol. The highest BCUT2D eigenvalue weighted by Crippen LogP contribution is 2.31. The van der Waals surface area contributed by atoms with E-state index in [9.17, 15) is 4.79 Å². The molecular formula is C25H29N5O2S. The zero-order valence-corrected chi connectivity index (χ0v) is 19.7. The fourth-order valence-corrected chi connectivity index (χ4v) is 5.26. The topological polar surface area (TPSA) is 83.1 Å². The van der Waals surface area contributed by atoms with Crippen LogP contribution < -0.4 is 5.32 Å². The lowest BCUT2D eigenvalue weighted by atomic mass is 10.1. The number of carbonyl (C=O) groups excluding carboxylic acids is 1. The summed E-state index contributed by atoms with van der Waals surface area (Å²) in [5.41, 5.74) is 2.15. The van der Waals surface area contributed by atoms with Gasteiger partial charge in [0.05, 0.1) is 18.1 Å². The van der Waals surface area contributed by atoms with E-state index in [1.807, 2.05) is 12.1 Å². The quantitative estimate of drug-likeness (QED) is 0.287. The Morgan fingerprint density at radius 2 is 2.09 bits per heavy atom. The third-order valence-corrected chi connectivity index (χ3v) is 7.10. The van der Waals surface area contributed by atoms with Crippen molar-refractivity contribution in [3.05, 3.63) is 52.0 Å². The van der Waals surface area contributed by atoms with Gasteiger partial charge in [-0.15, -0.1) is 11.3 Å². The molecule has 7 nitrogen and oxygen atoms in total. The lowest BCUT2D eigenvalue weighted by molar-refractivity contribution is 0.0601. The minimum atomic E-state index is -0.351. The van der Waals surface area contributed by atoms with Crippen molar-refractivity contribution in [1.29, 1.82) is 0 Å². The highest BCUT2D eigenvalue weighted by atomic mass is 32.1. The van der Waals surface area contributed by atoms with E-state index in [0.717, 1.165) is 53.1 Å². The molecule has 0 amide bonds. The average Bonchev–Trinajstić information content (AvgIpc) is 3.48. The van der Waals surface area contributed by atoms with E-state index in [1.165, 1.54) is 44.3 Å². The number of esters is 1. The maximum absolute atomic E-state index is 12.0. The Labute approximate surface area is 197 Å². The van der Waals surface area contributed by atoms with Crippen LogP contribution in [0, 0.1) is 0 Å². The second-order valence-electron chi connectivity index (χ2n) is 8.53. The summed E-state index contributed by atoms with van der Waals surface area (Å²) in [7, 11) is 1.39. The number of fused-ring (bicyclic) bond motifs is 3. The van der Waals surface area contributed by atoms with Gasteiger partial charge in [0.25, 0.3) is 0 Å². The highest BCUT2D eigenvalue weighted by Gasteiger charge is 2.17. The number of nitrogens with one attached hydrogen (secondary N) is 2. The number of H-pyrrole nitrogens is 1. The maximum atomic E-state index is 12.0. The number of anilines is 1. The first-order valence-corrected chi connectivity index (χ1v) is 12.5. The summed E-state index contributed by atoms with van der Waals surface area (Å²) in [4.78, 5) is 28.9. The molecule has 0 atom stereocenters. The number of rotatable bonds is 8. The monoisotopic (exact) mass is 463 g/mol. The van der Waals surface area contributed by atoms with Crippen LogP contribution in [0.4, 0.5) is 5.82 Å². The van der Waals surface area contributed by atoms with Crippen molar-refractivity contribution in [3.8, 4) is 0 Å². The van der Waals surface area contributed by atoms with Crippen LogP contribution in [0.15, 0.2) is 35.7 Å². The van der Waals surface area contributed by atoms with Crippen LogP contribution in [0.25, 0.3) is 21.9 Å². The van der Waals surface area contributed by atoms with E-state index in [4.69, 9.17) is 14.7 Å². The maximum Gasteiger partial charge on any atom is 0.337 e. The van der Waals surface area contributed by atoms with Crippen molar-refractivity contribution in [2.75, 3.05) is 38.6 Å². The molecule has 0 spiro atoms. The van der Waals surface area contributed by atoms with Gasteiger partial charge in [-0.1, -0.05) is 18.6 Å². The van der Waals surface area contributed by atoms with Crippen molar-refractivity contribution < 1.29 is 9.53 Å². The molecule has 1 aromatic carbocycles. The Kier molecular flexibility index (Phi) is 6.55. The number of thiophene rings is 1. The van der Waals surface area contributed by atoms with E-state index in [2.05, 4.69) is 32.7 Å². The number of benzene rings is 1. The molecule has 2 N–H and O–H groups in total. The number of hydrogen-bond acceptors (Lipinski definition) is 7. The zero-order chi connectivity index (χ0) is 22.6. The highest BCUT2D eigenvalue weighted by molar-refractivity contribution is 7.09. The molecule has 3 aromatic heterocycles. The number of aromatic nitrogens is 3. The molecule has 4 aromatic rings. The van der Waals surface area contributed by atoms with Crippen LogP contribution >= 0.6 is 11.3 Å². The van der Waals surface area contributed by atoms with Crippen molar-refractivity contribution in [1.82, 2.24) is 19.9 Å². The number of ether oxygens (including phenoxy) is 1. The predicted octanol–water partition coefficient (Wildman–Crippen LogP) is 4.84. The number of aromatic amines is 1. The molecule has 172 valence electrons. The van der Waals surface area contributed by atoms with Gasteiger partial charge in [-0.25, -0.2) is 14.8 Å². The number of likely N-dealkylation sites (tertiary alicyclic amines) is 1. The second-order valence-corrected chi connectivity index (χ2v) is 9.56. The van der Waals surface area contributed by atoms with Gasteiger partial charge in [0.2, 0.25) is 0 Å². The van der Waals surface area contributed by atoms with Crippen LogP contribution in [-0.4, -0.2) is 59.1 Å². The normalized spacial score (nSPS) is 14.7. The third-order valence-electron chi connectivity index (χ3n) is 6.22. The van der Waals surface area contributed by atoms with Crippen LogP contribution in [0.5, 0.6) is 0 Å². The molecule has 0 saturated carbocycles. The minimum absolute atomic E-state index is 0.351. The fourth-order valence-electron chi connectivity index (χ4n) is 4.56. The van der Waals surface area contributed by atoms with Gasteiger partial charge in [0.1, 0.15) is 17.3 Å². The lowest BCUT2D eigenvalue weighted by Gasteiger charge is -2.26. The molecule has 8 heteroatoms. The van der Waals surface area contributed by atoms with E-state index < -0.39 is 0 Å². The summed E-state index contributed by atoms with van der Waals surface area (Å²) in [6.45, 7) is 4.40. The molecule has 0 bridgehead atoms. The molecule has 0 unspecified atom stereocenters. The van der Waals surface area contributed by atoms with Gasteiger partial charge in [0, 0.05) is 28.7 Å². The molecule has 1 aliphatic rings. The van der Waals surface area contributed by atoms with Crippen LogP contribution in [0.3, 0.4) is 0 Å². The van der Waals surface area contributed by atoms with Crippen molar-refractivity contribution >= 4 is 45.1 Å². The van der Waals surface area contributed by atoms with Gasteiger partial charge in [0.15, 0.2) is 0 Å². The Balaban J connectivity index is 1.44. The molecule has 4 heterocycles. The van der Waals surface area contributed by atoms with Gasteiger partial charge in [-0.2, -0.15) is 0 Å². The Hall–Kier alpha value is -2.97. The first-order valence-electron chi connectivity index (χ1n) is 11.6. The first kappa shape index (κ1) is 21.9. The molecule has 1 saturated heterocycles. The molecule has 1 fully saturated rings. The Morgan fingerprint density at radius 3 is 2.88 bits per heavy atom. The largest absolute Gasteiger partial charge is 0.465 e. The molecule has 1 aliphatic heterocycles.